The summed E-state index contributed by atoms with van der Waals surface area (Å²) in [6.45, 7) is -0.402. The van der Waals surface area contributed by atoms with E-state index >= 15 is 0 Å². The summed E-state index contributed by atoms with van der Waals surface area (Å²) in [5, 5.41) is 11.4. The lowest BCUT2D eigenvalue weighted by Crippen LogP contribution is -2.20. The largest absolute Gasteiger partial charge is 0.452 e. The number of amides is 1. The number of esters is 1. The van der Waals surface area contributed by atoms with E-state index in [0.29, 0.717) is 11.3 Å². The summed E-state index contributed by atoms with van der Waals surface area (Å²) in [5.41, 5.74) is 1.75. The van der Waals surface area contributed by atoms with Gasteiger partial charge in [0, 0.05) is 16.2 Å². The third-order valence-electron chi connectivity index (χ3n) is 2.90. The first-order valence-electron chi connectivity index (χ1n) is 6.97. The minimum Gasteiger partial charge on any atom is -0.452 e. The van der Waals surface area contributed by atoms with E-state index in [1.807, 2.05) is 30.3 Å². The molecule has 120 valence electrons. The Morgan fingerprint density at radius 2 is 1.96 bits per heavy atom. The van der Waals surface area contributed by atoms with Crippen molar-refractivity contribution in [2.75, 3.05) is 11.9 Å². The van der Waals surface area contributed by atoms with Gasteiger partial charge in [0.2, 0.25) is 0 Å². The van der Waals surface area contributed by atoms with Crippen molar-refractivity contribution in [2.45, 2.75) is 0 Å². The number of ether oxygens (including phenoxy) is 1. The van der Waals surface area contributed by atoms with E-state index in [-0.39, 0.29) is 0 Å². The molecule has 0 spiro atoms. The van der Waals surface area contributed by atoms with E-state index in [9.17, 15) is 9.59 Å². The Labute approximate surface area is 147 Å². The van der Waals surface area contributed by atoms with E-state index in [1.165, 1.54) is 12.1 Å². The fourth-order valence-electron chi connectivity index (χ4n) is 1.79. The summed E-state index contributed by atoms with van der Waals surface area (Å²) in [6, 6.07) is 15.8. The average molecular weight is 385 g/mol. The summed E-state index contributed by atoms with van der Waals surface area (Å²) < 4.78 is 5.81. The molecule has 5 nitrogen and oxygen atoms in total. The van der Waals surface area contributed by atoms with Gasteiger partial charge in [0.15, 0.2) is 6.61 Å². The standard InChI is InChI=1S/C18H13BrN2O3/c19-15-7-4-13(5-8-15)6-9-18(23)24-12-17(22)21-16-3-1-2-14(10-16)11-20/h1-10H,12H2,(H,21,22)/b9-6+. The molecule has 0 fully saturated rings. The monoisotopic (exact) mass is 384 g/mol. The fraction of sp³-hybridized carbons (Fsp3) is 0.0556. The highest BCUT2D eigenvalue weighted by Gasteiger charge is 2.06. The maximum absolute atomic E-state index is 11.7. The minimum atomic E-state index is -0.612. The molecule has 0 aliphatic rings. The molecule has 24 heavy (non-hydrogen) atoms. The lowest BCUT2D eigenvalue weighted by Gasteiger charge is -2.05. The van der Waals surface area contributed by atoms with Crippen molar-refractivity contribution in [1.82, 2.24) is 0 Å². The van der Waals surface area contributed by atoms with E-state index in [0.717, 1.165) is 10.0 Å². The van der Waals surface area contributed by atoms with E-state index in [1.54, 1.807) is 24.3 Å². The van der Waals surface area contributed by atoms with Crippen LogP contribution < -0.4 is 5.32 Å². The van der Waals surface area contributed by atoms with E-state index in [2.05, 4.69) is 21.2 Å². The van der Waals surface area contributed by atoms with Gasteiger partial charge < -0.3 is 10.1 Å². The zero-order valence-corrected chi connectivity index (χ0v) is 14.1. The number of hydrogen-bond donors (Lipinski definition) is 1. The maximum atomic E-state index is 11.7. The van der Waals surface area contributed by atoms with Crippen molar-refractivity contribution in [1.29, 1.82) is 5.26 Å². The van der Waals surface area contributed by atoms with Crippen LogP contribution >= 0.6 is 15.9 Å². The third-order valence-corrected chi connectivity index (χ3v) is 3.43. The van der Waals surface area contributed by atoms with Crippen molar-refractivity contribution in [2.24, 2.45) is 0 Å². The van der Waals surface area contributed by atoms with Gasteiger partial charge in [-0.05, 0) is 42.0 Å². The number of nitrogens with zero attached hydrogens (tertiary/aromatic N) is 1. The minimum absolute atomic E-state index is 0.402. The molecule has 0 saturated carbocycles. The number of benzene rings is 2. The van der Waals surface area contributed by atoms with Crippen molar-refractivity contribution in [3.8, 4) is 6.07 Å². The van der Waals surface area contributed by atoms with Gasteiger partial charge in [0.25, 0.3) is 5.91 Å². The first kappa shape index (κ1) is 17.4. The highest BCUT2D eigenvalue weighted by atomic mass is 79.9. The second kappa shape index (κ2) is 8.65. The number of rotatable bonds is 5. The zero-order valence-electron chi connectivity index (χ0n) is 12.5. The highest BCUT2D eigenvalue weighted by Crippen LogP contribution is 2.12. The lowest BCUT2D eigenvalue weighted by atomic mass is 10.2. The summed E-state index contributed by atoms with van der Waals surface area (Å²) in [5.74, 6) is -1.09. The van der Waals surface area contributed by atoms with Crippen LogP contribution in [0.5, 0.6) is 0 Å². The zero-order chi connectivity index (χ0) is 17.4. The van der Waals surface area contributed by atoms with Gasteiger partial charge in [-0.3, -0.25) is 4.79 Å². The number of anilines is 1. The van der Waals surface area contributed by atoms with Gasteiger partial charge >= 0.3 is 5.97 Å². The van der Waals surface area contributed by atoms with E-state index < -0.39 is 18.5 Å². The smallest absolute Gasteiger partial charge is 0.331 e. The van der Waals surface area contributed by atoms with Gasteiger partial charge in [0.05, 0.1) is 11.6 Å². The van der Waals surface area contributed by atoms with Crippen molar-refractivity contribution in [3.05, 3.63) is 70.2 Å². The predicted octanol–water partition coefficient (Wildman–Crippen LogP) is 3.52. The van der Waals surface area contributed by atoms with E-state index in [4.69, 9.17) is 10.00 Å². The molecular formula is C18H13BrN2O3. The molecule has 0 aliphatic carbocycles. The maximum Gasteiger partial charge on any atom is 0.331 e. The van der Waals surface area contributed by atoms with Crippen molar-refractivity contribution < 1.29 is 14.3 Å². The van der Waals surface area contributed by atoms with Crippen LogP contribution in [0.2, 0.25) is 0 Å². The molecule has 2 aromatic rings. The molecule has 6 heteroatoms. The highest BCUT2D eigenvalue weighted by molar-refractivity contribution is 9.10. The summed E-state index contributed by atoms with van der Waals surface area (Å²) >= 11 is 3.32. The van der Waals surface area contributed by atoms with Crippen LogP contribution in [0, 0.1) is 11.3 Å². The number of halogens is 1. The van der Waals surface area contributed by atoms with Crippen LogP contribution in [0.25, 0.3) is 6.08 Å². The normalized spacial score (nSPS) is 10.2. The molecule has 0 heterocycles. The van der Waals surface area contributed by atoms with Crippen molar-refractivity contribution >= 4 is 39.6 Å². The second-order valence-corrected chi connectivity index (χ2v) is 5.65. The number of nitriles is 1. The van der Waals surface area contributed by atoms with Gasteiger partial charge in [-0.2, -0.15) is 5.26 Å². The fourth-order valence-corrected chi connectivity index (χ4v) is 2.05. The first-order chi connectivity index (χ1) is 11.6. The molecule has 0 aromatic heterocycles. The molecular weight excluding hydrogens is 372 g/mol. The molecule has 1 N–H and O–H groups in total. The number of nitrogens with one attached hydrogen (secondary N) is 1. The first-order valence-corrected chi connectivity index (χ1v) is 7.76. The Balaban J connectivity index is 1.81. The summed E-state index contributed by atoms with van der Waals surface area (Å²) in [7, 11) is 0. The van der Waals surface area contributed by atoms with Gasteiger partial charge in [-0.15, -0.1) is 0 Å². The average Bonchev–Trinajstić information content (AvgIpc) is 2.59. The summed E-state index contributed by atoms with van der Waals surface area (Å²) in [6.07, 6.45) is 2.86. The predicted molar refractivity (Wildman–Crippen MR) is 93.9 cm³/mol. The molecule has 2 aromatic carbocycles. The van der Waals surface area contributed by atoms with Gasteiger partial charge in [-0.25, -0.2) is 4.79 Å². The van der Waals surface area contributed by atoms with Crippen LogP contribution in [0.3, 0.4) is 0 Å². The number of carbonyl (C=O) groups excluding carboxylic acids is 2. The molecule has 0 aliphatic heterocycles. The summed E-state index contributed by atoms with van der Waals surface area (Å²) in [4.78, 5) is 23.3. The molecule has 0 radical (unpaired) electrons. The Morgan fingerprint density at radius 3 is 2.67 bits per heavy atom. The Morgan fingerprint density at radius 1 is 1.21 bits per heavy atom. The molecule has 0 saturated heterocycles. The molecule has 2 rings (SSSR count). The Kier molecular flexibility index (Phi) is 6.29. The Hall–Kier alpha value is -2.91. The third kappa shape index (κ3) is 5.71. The quantitative estimate of drug-likeness (QED) is 0.631. The lowest BCUT2D eigenvalue weighted by molar-refractivity contribution is -0.142. The van der Waals surface area contributed by atoms with Crippen LogP contribution in [-0.2, 0) is 14.3 Å². The van der Waals surface area contributed by atoms with Gasteiger partial charge in [0.1, 0.15) is 0 Å². The second-order valence-electron chi connectivity index (χ2n) is 4.73. The van der Waals surface area contributed by atoms with Gasteiger partial charge in [-0.1, -0.05) is 34.1 Å². The van der Waals surface area contributed by atoms with Crippen molar-refractivity contribution in [3.63, 3.8) is 0 Å². The van der Waals surface area contributed by atoms with Crippen LogP contribution in [0.4, 0.5) is 5.69 Å². The van der Waals surface area contributed by atoms with Crippen LogP contribution in [-0.4, -0.2) is 18.5 Å². The molecule has 0 unspecified atom stereocenters. The number of carbonyl (C=O) groups is 2. The SMILES string of the molecule is N#Cc1cccc(NC(=O)COC(=O)/C=C/c2ccc(Br)cc2)c1. The van der Waals surface area contributed by atoms with Crippen LogP contribution in [0.15, 0.2) is 59.1 Å². The van der Waals surface area contributed by atoms with Crippen LogP contribution in [0.1, 0.15) is 11.1 Å². The topological polar surface area (TPSA) is 79.2 Å². The molecule has 1 amide bonds. The molecule has 0 bridgehead atoms. The Bertz CT molecular complexity index is 808. The number of hydrogen-bond acceptors (Lipinski definition) is 4. The molecule has 0 atom stereocenters.